The van der Waals surface area contributed by atoms with Crippen LogP contribution in [0.4, 0.5) is 0 Å². The fourth-order valence-electron chi connectivity index (χ4n) is 3.85. The predicted molar refractivity (Wildman–Crippen MR) is 121 cm³/mol. The Morgan fingerprint density at radius 3 is 2.00 bits per heavy atom. The molecule has 0 spiro atoms. The van der Waals surface area contributed by atoms with Crippen molar-refractivity contribution in [3.05, 3.63) is 109 Å². The third-order valence-corrected chi connectivity index (χ3v) is 6.42. The summed E-state index contributed by atoms with van der Waals surface area (Å²) in [7, 11) is -4.04. The van der Waals surface area contributed by atoms with Crippen LogP contribution < -0.4 is 4.18 Å². The first-order chi connectivity index (χ1) is 14.6. The van der Waals surface area contributed by atoms with Crippen molar-refractivity contribution in [1.29, 1.82) is 0 Å². The van der Waals surface area contributed by atoms with Gasteiger partial charge in [-0.3, -0.25) is 0 Å². The number of para-hydroxylation sites is 1. The van der Waals surface area contributed by atoms with Gasteiger partial charge in [0.05, 0.1) is 0 Å². The molecule has 4 heteroatoms. The Labute approximate surface area is 175 Å². The van der Waals surface area contributed by atoms with Gasteiger partial charge in [0.15, 0.2) is 0 Å². The molecule has 0 unspecified atom stereocenters. The van der Waals surface area contributed by atoms with Gasteiger partial charge in [-0.05, 0) is 51.6 Å². The van der Waals surface area contributed by atoms with Crippen molar-refractivity contribution in [3.63, 3.8) is 0 Å². The highest BCUT2D eigenvalue weighted by molar-refractivity contribution is 7.87. The van der Waals surface area contributed by atoms with E-state index in [0.717, 1.165) is 27.3 Å². The third-order valence-electron chi connectivity index (χ3n) is 5.13. The highest BCUT2D eigenvalue weighted by Crippen LogP contribution is 2.40. The average Bonchev–Trinajstić information content (AvgIpc) is 2.78. The Morgan fingerprint density at radius 1 is 0.600 bits per heavy atom. The molecular weight excluding hydrogens is 392 g/mol. The normalized spacial score (nSPS) is 11.6. The molecule has 0 aliphatic carbocycles. The molecule has 0 fully saturated rings. The van der Waals surface area contributed by atoms with Crippen LogP contribution in [0.3, 0.4) is 0 Å². The van der Waals surface area contributed by atoms with Crippen molar-refractivity contribution in [2.75, 3.05) is 0 Å². The molecule has 0 aromatic heterocycles. The Hall–Kier alpha value is -3.63. The molecule has 5 aromatic rings. The average molecular weight is 410 g/mol. The lowest BCUT2D eigenvalue weighted by atomic mass is 9.92. The van der Waals surface area contributed by atoms with Crippen molar-refractivity contribution in [3.8, 4) is 16.9 Å². The summed E-state index contributed by atoms with van der Waals surface area (Å²) >= 11 is 0. The van der Waals surface area contributed by atoms with Crippen LogP contribution in [0.1, 0.15) is 0 Å². The van der Waals surface area contributed by atoms with Crippen LogP contribution in [0.5, 0.6) is 5.75 Å². The van der Waals surface area contributed by atoms with Crippen molar-refractivity contribution >= 4 is 31.7 Å². The van der Waals surface area contributed by atoms with E-state index in [1.165, 1.54) is 0 Å². The molecule has 0 atom stereocenters. The van der Waals surface area contributed by atoms with Crippen LogP contribution in [-0.2, 0) is 10.1 Å². The summed E-state index contributed by atoms with van der Waals surface area (Å²) in [6.45, 7) is 0. The standard InChI is InChI=1S/C26H18O3S/c27-30(28,29-22-14-5-2-6-15-22)24-17-9-13-21-18-20-12-7-8-16-23(20)25(26(21)24)19-10-3-1-4-11-19/h1-18H. The van der Waals surface area contributed by atoms with Crippen molar-refractivity contribution in [1.82, 2.24) is 0 Å². The lowest BCUT2D eigenvalue weighted by Gasteiger charge is -2.16. The topological polar surface area (TPSA) is 43.4 Å². The maximum atomic E-state index is 13.3. The van der Waals surface area contributed by atoms with Crippen molar-refractivity contribution < 1.29 is 12.6 Å². The van der Waals surface area contributed by atoms with E-state index in [9.17, 15) is 8.42 Å². The zero-order chi connectivity index (χ0) is 20.6. The summed E-state index contributed by atoms with van der Waals surface area (Å²) in [6.07, 6.45) is 0. The lowest BCUT2D eigenvalue weighted by Crippen LogP contribution is -2.10. The van der Waals surface area contributed by atoms with E-state index in [0.29, 0.717) is 5.39 Å². The van der Waals surface area contributed by atoms with Gasteiger partial charge in [0.1, 0.15) is 10.6 Å². The molecule has 5 aromatic carbocycles. The number of benzene rings is 5. The van der Waals surface area contributed by atoms with Gasteiger partial charge in [-0.2, -0.15) is 8.42 Å². The first-order valence-corrected chi connectivity index (χ1v) is 11.0. The van der Waals surface area contributed by atoms with Gasteiger partial charge < -0.3 is 4.18 Å². The highest BCUT2D eigenvalue weighted by atomic mass is 32.2. The predicted octanol–water partition coefficient (Wildman–Crippen LogP) is 6.43. The minimum atomic E-state index is -4.04. The van der Waals surface area contributed by atoms with Crippen LogP contribution >= 0.6 is 0 Å². The summed E-state index contributed by atoms with van der Waals surface area (Å²) in [4.78, 5) is 0.161. The zero-order valence-corrected chi connectivity index (χ0v) is 16.8. The summed E-state index contributed by atoms with van der Waals surface area (Å²) in [5.74, 6) is 0.288. The summed E-state index contributed by atoms with van der Waals surface area (Å²) < 4.78 is 32.1. The minimum Gasteiger partial charge on any atom is -0.379 e. The van der Waals surface area contributed by atoms with E-state index in [-0.39, 0.29) is 10.6 Å². The third kappa shape index (κ3) is 3.21. The second-order valence-corrected chi connectivity index (χ2v) is 8.56. The minimum absolute atomic E-state index is 0.161. The van der Waals surface area contributed by atoms with Gasteiger partial charge >= 0.3 is 10.1 Å². The number of rotatable bonds is 4. The maximum Gasteiger partial charge on any atom is 0.339 e. The molecule has 0 bridgehead atoms. The van der Waals surface area contributed by atoms with Crippen LogP contribution in [0.2, 0.25) is 0 Å². The van der Waals surface area contributed by atoms with Gasteiger partial charge in [0.25, 0.3) is 0 Å². The van der Waals surface area contributed by atoms with E-state index < -0.39 is 10.1 Å². The molecule has 0 amide bonds. The number of hydrogen-bond donors (Lipinski definition) is 0. The molecule has 0 aliphatic heterocycles. The smallest absolute Gasteiger partial charge is 0.339 e. The molecule has 0 heterocycles. The molecule has 146 valence electrons. The highest BCUT2D eigenvalue weighted by Gasteiger charge is 2.23. The fraction of sp³-hybridized carbons (Fsp3) is 0. The number of fused-ring (bicyclic) bond motifs is 2. The molecule has 0 saturated carbocycles. The Kier molecular flexibility index (Phi) is 4.49. The monoisotopic (exact) mass is 410 g/mol. The zero-order valence-electron chi connectivity index (χ0n) is 16.0. The Morgan fingerprint density at radius 2 is 1.23 bits per heavy atom. The molecule has 0 N–H and O–H groups in total. The second kappa shape index (κ2) is 7.32. The first kappa shape index (κ1) is 18.4. The van der Waals surface area contributed by atoms with Crippen molar-refractivity contribution in [2.24, 2.45) is 0 Å². The van der Waals surface area contributed by atoms with Crippen LogP contribution in [0.25, 0.3) is 32.7 Å². The summed E-state index contributed by atoms with van der Waals surface area (Å²) in [5.41, 5.74) is 1.85. The van der Waals surface area contributed by atoms with E-state index >= 15 is 0 Å². The maximum absolute atomic E-state index is 13.3. The molecular formula is C26H18O3S. The van der Waals surface area contributed by atoms with Gasteiger partial charge in [-0.15, -0.1) is 0 Å². The second-order valence-electron chi connectivity index (χ2n) is 7.04. The van der Waals surface area contributed by atoms with Gasteiger partial charge in [-0.1, -0.05) is 84.9 Å². The fourth-order valence-corrected chi connectivity index (χ4v) is 5.02. The van der Waals surface area contributed by atoms with E-state index in [4.69, 9.17) is 4.18 Å². The summed E-state index contributed by atoms with van der Waals surface area (Å²) in [6, 6.07) is 33.8. The number of hydrogen-bond acceptors (Lipinski definition) is 3. The first-order valence-electron chi connectivity index (χ1n) is 9.63. The van der Waals surface area contributed by atoms with Gasteiger partial charge in [-0.25, -0.2) is 0 Å². The van der Waals surface area contributed by atoms with Gasteiger partial charge in [0, 0.05) is 5.39 Å². The molecule has 30 heavy (non-hydrogen) atoms. The van der Waals surface area contributed by atoms with E-state index in [1.807, 2.05) is 72.8 Å². The lowest BCUT2D eigenvalue weighted by molar-refractivity contribution is 0.487. The van der Waals surface area contributed by atoms with E-state index in [1.54, 1.807) is 36.4 Å². The Bertz CT molecular complexity index is 1460. The van der Waals surface area contributed by atoms with Crippen LogP contribution in [0, 0.1) is 0 Å². The molecule has 3 nitrogen and oxygen atoms in total. The molecule has 5 rings (SSSR count). The van der Waals surface area contributed by atoms with Gasteiger partial charge in [0.2, 0.25) is 0 Å². The molecule has 0 aliphatic rings. The SMILES string of the molecule is O=S(=O)(Oc1ccccc1)c1cccc2cc3ccccc3c(-c3ccccc3)c12. The van der Waals surface area contributed by atoms with E-state index in [2.05, 4.69) is 0 Å². The quantitative estimate of drug-likeness (QED) is 0.253. The molecule has 0 radical (unpaired) electrons. The van der Waals surface area contributed by atoms with Crippen LogP contribution in [-0.4, -0.2) is 8.42 Å². The van der Waals surface area contributed by atoms with Crippen molar-refractivity contribution in [2.45, 2.75) is 4.90 Å². The molecule has 0 saturated heterocycles. The van der Waals surface area contributed by atoms with Crippen LogP contribution in [0.15, 0.2) is 114 Å². The summed E-state index contributed by atoms with van der Waals surface area (Å²) in [5, 5.41) is 3.57. The largest absolute Gasteiger partial charge is 0.379 e. The Balaban J connectivity index is 1.86.